The Kier molecular flexibility index (Phi) is 4.24. The van der Waals surface area contributed by atoms with Gasteiger partial charge >= 0.3 is 6.18 Å². The van der Waals surface area contributed by atoms with Gasteiger partial charge in [0.1, 0.15) is 5.82 Å². The summed E-state index contributed by atoms with van der Waals surface area (Å²) in [5, 5.41) is 10.2. The number of rotatable bonds is 2. The number of aromatic nitrogens is 1. The van der Waals surface area contributed by atoms with Gasteiger partial charge in [0, 0.05) is 32.4 Å². The maximum atomic E-state index is 12.8. The monoisotopic (exact) mass is 317 g/mol. The van der Waals surface area contributed by atoms with Crippen molar-refractivity contribution in [2.24, 2.45) is 0 Å². The van der Waals surface area contributed by atoms with Gasteiger partial charge in [-0.05, 0) is 12.1 Å². The average molecular weight is 317 g/mol. The molecule has 0 radical (unpaired) electrons. The summed E-state index contributed by atoms with van der Waals surface area (Å²) in [6.45, 7) is 3.44. The highest BCUT2D eigenvalue weighted by atomic mass is 19.4. The molecular formula is C14H18F3N3O2. The van der Waals surface area contributed by atoms with Crippen LogP contribution in [0.15, 0.2) is 18.3 Å². The molecule has 3 rings (SSSR count). The second kappa shape index (κ2) is 6.02. The molecule has 5 nitrogen and oxygen atoms in total. The van der Waals surface area contributed by atoms with Crippen LogP contribution in [-0.2, 0) is 10.9 Å². The topological polar surface area (TPSA) is 48.8 Å². The summed E-state index contributed by atoms with van der Waals surface area (Å²) in [6.07, 6.45) is -3.83. The highest BCUT2D eigenvalue weighted by Gasteiger charge is 2.37. The first-order valence-corrected chi connectivity index (χ1v) is 7.23. The third-order valence-electron chi connectivity index (χ3n) is 4.17. The number of halogens is 3. The number of hydrogen-bond acceptors (Lipinski definition) is 5. The van der Waals surface area contributed by atoms with E-state index in [1.807, 2.05) is 0 Å². The Balaban J connectivity index is 1.74. The van der Waals surface area contributed by atoms with Gasteiger partial charge in [0.25, 0.3) is 0 Å². The van der Waals surface area contributed by atoms with Crippen LogP contribution in [0.4, 0.5) is 19.0 Å². The summed E-state index contributed by atoms with van der Waals surface area (Å²) in [6, 6.07) is 1.89. The van der Waals surface area contributed by atoms with Crippen LogP contribution in [0, 0.1) is 0 Å². The Morgan fingerprint density at radius 1 is 1.23 bits per heavy atom. The lowest BCUT2D eigenvalue weighted by atomic mass is 10.1. The second-order valence-corrected chi connectivity index (χ2v) is 5.59. The Labute approximate surface area is 126 Å². The molecule has 2 fully saturated rings. The molecular weight excluding hydrogens is 299 g/mol. The van der Waals surface area contributed by atoms with E-state index in [1.54, 1.807) is 4.90 Å². The molecule has 1 aromatic rings. The van der Waals surface area contributed by atoms with Crippen LogP contribution < -0.4 is 4.90 Å². The minimum atomic E-state index is -4.39. The van der Waals surface area contributed by atoms with Crippen LogP contribution in [0.25, 0.3) is 0 Å². The summed E-state index contributed by atoms with van der Waals surface area (Å²) in [5.41, 5.74) is -0.721. The van der Waals surface area contributed by atoms with Crippen molar-refractivity contribution in [1.82, 2.24) is 9.88 Å². The third kappa shape index (κ3) is 3.18. The molecule has 2 aliphatic rings. The van der Waals surface area contributed by atoms with Crippen LogP contribution in [0.5, 0.6) is 0 Å². The van der Waals surface area contributed by atoms with Gasteiger partial charge in [0.05, 0.1) is 30.9 Å². The molecule has 8 heteroatoms. The Morgan fingerprint density at radius 2 is 1.95 bits per heavy atom. The van der Waals surface area contributed by atoms with E-state index in [9.17, 15) is 18.3 Å². The van der Waals surface area contributed by atoms with E-state index in [2.05, 4.69) is 9.88 Å². The number of aliphatic hydroxyl groups is 1. The van der Waals surface area contributed by atoms with Gasteiger partial charge in [0.2, 0.25) is 0 Å². The normalized spacial score (nSPS) is 27.4. The first-order valence-electron chi connectivity index (χ1n) is 7.23. The number of morpholine rings is 1. The summed E-state index contributed by atoms with van der Waals surface area (Å²) in [4.78, 5) is 7.86. The minimum absolute atomic E-state index is 0.0970. The molecule has 1 aromatic heterocycles. The van der Waals surface area contributed by atoms with E-state index >= 15 is 0 Å². The fourth-order valence-corrected chi connectivity index (χ4v) is 2.99. The molecule has 0 spiro atoms. The summed E-state index contributed by atoms with van der Waals surface area (Å²) in [5.74, 6) is 0.254. The predicted octanol–water partition coefficient (Wildman–Crippen LogP) is 0.982. The summed E-state index contributed by atoms with van der Waals surface area (Å²) >= 11 is 0. The van der Waals surface area contributed by atoms with Gasteiger partial charge in [-0.3, -0.25) is 4.90 Å². The highest BCUT2D eigenvalue weighted by molar-refractivity contribution is 5.44. The fraction of sp³-hybridized carbons (Fsp3) is 0.643. The standard InChI is InChI=1S/C14H18F3N3O2/c15-14(16,17)10-1-2-18-13(7-10)20-8-11(12(21)9-20)19-3-5-22-6-4-19/h1-2,7,11-12,21H,3-6,8-9H2/t11-,12-/m0/s1. The lowest BCUT2D eigenvalue weighted by molar-refractivity contribution is -0.137. The first-order chi connectivity index (χ1) is 10.4. The van der Waals surface area contributed by atoms with E-state index in [0.29, 0.717) is 19.8 Å². The van der Waals surface area contributed by atoms with Crippen molar-refractivity contribution in [1.29, 1.82) is 0 Å². The maximum absolute atomic E-state index is 12.8. The van der Waals surface area contributed by atoms with E-state index in [1.165, 1.54) is 0 Å². The molecule has 2 aliphatic heterocycles. The van der Waals surface area contributed by atoms with Gasteiger partial charge < -0.3 is 14.7 Å². The molecule has 0 unspecified atom stereocenters. The number of anilines is 1. The van der Waals surface area contributed by atoms with Gasteiger partial charge in [-0.1, -0.05) is 0 Å². The van der Waals surface area contributed by atoms with Crippen LogP contribution in [0.2, 0.25) is 0 Å². The van der Waals surface area contributed by atoms with Crippen molar-refractivity contribution < 1.29 is 23.0 Å². The molecule has 0 aromatic carbocycles. The van der Waals surface area contributed by atoms with Gasteiger partial charge in [0.15, 0.2) is 0 Å². The molecule has 3 heterocycles. The highest BCUT2D eigenvalue weighted by Crippen LogP contribution is 2.31. The smallest absolute Gasteiger partial charge is 0.390 e. The Bertz CT molecular complexity index is 520. The van der Waals surface area contributed by atoms with Crippen LogP contribution in [-0.4, -0.2) is 66.5 Å². The molecule has 0 saturated carbocycles. The maximum Gasteiger partial charge on any atom is 0.416 e. The third-order valence-corrected chi connectivity index (χ3v) is 4.17. The van der Waals surface area contributed by atoms with Crippen molar-refractivity contribution in [3.05, 3.63) is 23.9 Å². The Hall–Kier alpha value is -1.38. The zero-order valence-electron chi connectivity index (χ0n) is 12.0. The number of aliphatic hydroxyl groups excluding tert-OH is 1. The van der Waals surface area contributed by atoms with Crippen LogP contribution in [0.3, 0.4) is 0 Å². The second-order valence-electron chi connectivity index (χ2n) is 5.59. The number of β-amino-alcohol motifs (C(OH)–C–C–N with tert-alkyl or cyclic N) is 1. The number of ether oxygens (including phenoxy) is 1. The SMILES string of the molecule is O[C@H]1CN(c2cc(C(F)(F)F)ccn2)C[C@@H]1N1CCOCC1. The largest absolute Gasteiger partial charge is 0.416 e. The number of hydrogen-bond donors (Lipinski definition) is 1. The molecule has 0 bridgehead atoms. The van der Waals surface area contributed by atoms with Gasteiger partial charge in [-0.15, -0.1) is 0 Å². The molecule has 22 heavy (non-hydrogen) atoms. The molecule has 2 atom stereocenters. The van der Waals surface area contributed by atoms with Gasteiger partial charge in [-0.2, -0.15) is 13.2 Å². The summed E-state index contributed by atoms with van der Waals surface area (Å²) < 4.78 is 43.6. The lowest BCUT2D eigenvalue weighted by Gasteiger charge is -2.33. The number of pyridine rings is 1. The van der Waals surface area contributed by atoms with Crippen LogP contribution >= 0.6 is 0 Å². The summed E-state index contributed by atoms with van der Waals surface area (Å²) in [7, 11) is 0. The number of alkyl halides is 3. The average Bonchev–Trinajstić information content (AvgIpc) is 2.89. The molecule has 2 saturated heterocycles. The van der Waals surface area contributed by atoms with Crippen molar-refractivity contribution in [3.63, 3.8) is 0 Å². The fourth-order valence-electron chi connectivity index (χ4n) is 2.99. The van der Waals surface area contributed by atoms with Crippen molar-refractivity contribution in [3.8, 4) is 0 Å². The molecule has 0 amide bonds. The molecule has 0 aliphatic carbocycles. The van der Waals surface area contributed by atoms with E-state index in [4.69, 9.17) is 4.74 Å². The van der Waals surface area contributed by atoms with Crippen LogP contribution in [0.1, 0.15) is 5.56 Å². The van der Waals surface area contributed by atoms with Crippen molar-refractivity contribution >= 4 is 5.82 Å². The van der Waals surface area contributed by atoms with Gasteiger partial charge in [-0.25, -0.2) is 4.98 Å². The zero-order chi connectivity index (χ0) is 15.7. The predicted molar refractivity (Wildman–Crippen MR) is 73.6 cm³/mol. The van der Waals surface area contributed by atoms with E-state index in [-0.39, 0.29) is 18.4 Å². The van der Waals surface area contributed by atoms with Crippen molar-refractivity contribution in [2.45, 2.75) is 18.3 Å². The minimum Gasteiger partial charge on any atom is -0.390 e. The quantitative estimate of drug-likeness (QED) is 0.881. The lowest BCUT2D eigenvalue weighted by Crippen LogP contribution is -2.48. The number of nitrogens with zero attached hydrogens (tertiary/aromatic N) is 3. The molecule has 122 valence electrons. The van der Waals surface area contributed by atoms with E-state index in [0.717, 1.165) is 31.4 Å². The molecule has 1 N–H and O–H groups in total. The first kappa shape index (κ1) is 15.5. The van der Waals surface area contributed by atoms with E-state index < -0.39 is 17.8 Å². The Morgan fingerprint density at radius 3 is 2.64 bits per heavy atom. The zero-order valence-corrected chi connectivity index (χ0v) is 12.0. The van der Waals surface area contributed by atoms with Crippen molar-refractivity contribution in [2.75, 3.05) is 44.3 Å².